The quantitative estimate of drug-likeness (QED) is 0.517. The van der Waals surface area contributed by atoms with E-state index in [1.807, 2.05) is 30.3 Å². The molecule has 0 atom stereocenters. The van der Waals surface area contributed by atoms with Crippen LogP contribution in [-0.2, 0) is 18.3 Å². The van der Waals surface area contributed by atoms with Gasteiger partial charge in [0.2, 0.25) is 5.89 Å². The number of nitrogens with one attached hydrogen (secondary N) is 1. The van der Waals surface area contributed by atoms with Crippen LogP contribution in [-0.4, -0.2) is 20.1 Å². The third kappa shape index (κ3) is 3.76. The van der Waals surface area contributed by atoms with Crippen molar-refractivity contribution in [3.05, 3.63) is 87.8 Å². The first-order chi connectivity index (χ1) is 15.1. The standard InChI is InChI=1S/C24H23FN4O2/c25-17-10-8-16(9-11-17)24(14-4-1-5-15-24)23-28-21(31-29-23)13-12-20-26-19-7-3-2-6-18(19)22(30)27-20/h2-3,6-11H,1,4-5,12-15H2,(H,26,27,30). The molecule has 0 spiro atoms. The molecule has 2 aromatic heterocycles. The first kappa shape index (κ1) is 19.6. The van der Waals surface area contributed by atoms with Crippen molar-refractivity contribution >= 4 is 10.9 Å². The summed E-state index contributed by atoms with van der Waals surface area (Å²) in [5, 5.41) is 4.89. The molecule has 0 bridgehead atoms. The molecule has 0 aliphatic heterocycles. The molecule has 2 heterocycles. The number of rotatable bonds is 5. The maximum Gasteiger partial charge on any atom is 0.258 e. The molecule has 7 heteroatoms. The SMILES string of the molecule is O=c1[nH]c(CCc2nc(C3(c4ccc(F)cc4)CCCCC3)no2)nc2ccccc12. The molecule has 4 aromatic rings. The Labute approximate surface area is 178 Å². The van der Waals surface area contributed by atoms with Crippen molar-refractivity contribution in [3.8, 4) is 0 Å². The highest BCUT2D eigenvalue weighted by Gasteiger charge is 2.40. The predicted molar refractivity (Wildman–Crippen MR) is 114 cm³/mol. The zero-order chi connectivity index (χ0) is 21.3. The summed E-state index contributed by atoms with van der Waals surface area (Å²) < 4.78 is 19.1. The number of H-pyrrole nitrogens is 1. The van der Waals surface area contributed by atoms with Crippen LogP contribution in [0.4, 0.5) is 4.39 Å². The second-order valence-electron chi connectivity index (χ2n) is 8.19. The van der Waals surface area contributed by atoms with Crippen LogP contribution in [0.2, 0.25) is 0 Å². The third-order valence-electron chi connectivity index (χ3n) is 6.24. The minimum absolute atomic E-state index is 0.149. The predicted octanol–water partition coefficient (Wildman–Crippen LogP) is 4.48. The monoisotopic (exact) mass is 418 g/mol. The summed E-state index contributed by atoms with van der Waals surface area (Å²) in [6, 6.07) is 13.9. The number of hydrogen-bond acceptors (Lipinski definition) is 5. The minimum atomic E-state index is -0.344. The number of nitrogens with zero attached hydrogens (tertiary/aromatic N) is 3. The van der Waals surface area contributed by atoms with E-state index in [0.717, 1.165) is 31.2 Å². The van der Waals surface area contributed by atoms with Gasteiger partial charge >= 0.3 is 0 Å². The molecule has 1 aliphatic carbocycles. The molecule has 1 N–H and O–H groups in total. The molecule has 31 heavy (non-hydrogen) atoms. The van der Waals surface area contributed by atoms with Gasteiger partial charge in [-0.3, -0.25) is 4.79 Å². The van der Waals surface area contributed by atoms with E-state index < -0.39 is 0 Å². The smallest absolute Gasteiger partial charge is 0.258 e. The Kier molecular flexibility index (Phi) is 5.10. The highest BCUT2D eigenvalue weighted by atomic mass is 19.1. The number of hydrogen-bond donors (Lipinski definition) is 1. The topological polar surface area (TPSA) is 84.7 Å². The molecule has 1 aliphatic rings. The van der Waals surface area contributed by atoms with E-state index in [9.17, 15) is 9.18 Å². The minimum Gasteiger partial charge on any atom is -0.339 e. The third-order valence-corrected chi connectivity index (χ3v) is 6.24. The number of aromatic amines is 1. The second-order valence-corrected chi connectivity index (χ2v) is 8.19. The number of halogens is 1. The van der Waals surface area contributed by atoms with Crippen LogP contribution in [0.5, 0.6) is 0 Å². The number of benzene rings is 2. The van der Waals surface area contributed by atoms with Gasteiger partial charge in [-0.15, -0.1) is 0 Å². The lowest BCUT2D eigenvalue weighted by atomic mass is 9.69. The fraction of sp³-hybridized carbons (Fsp3) is 0.333. The lowest BCUT2D eigenvalue weighted by Crippen LogP contribution is -2.31. The average molecular weight is 418 g/mol. The summed E-state index contributed by atoms with van der Waals surface area (Å²) in [4.78, 5) is 24.4. The Morgan fingerprint density at radius 3 is 2.55 bits per heavy atom. The van der Waals surface area contributed by atoms with Crippen LogP contribution in [0.15, 0.2) is 57.8 Å². The summed E-state index contributed by atoms with van der Waals surface area (Å²) >= 11 is 0. The summed E-state index contributed by atoms with van der Waals surface area (Å²) in [7, 11) is 0. The van der Waals surface area contributed by atoms with Gasteiger partial charge in [-0.25, -0.2) is 9.37 Å². The zero-order valence-electron chi connectivity index (χ0n) is 17.1. The number of aryl methyl sites for hydroxylation is 2. The van der Waals surface area contributed by atoms with Crippen LogP contribution in [0, 0.1) is 5.82 Å². The van der Waals surface area contributed by atoms with E-state index >= 15 is 0 Å². The summed E-state index contributed by atoms with van der Waals surface area (Å²) in [6.07, 6.45) is 6.12. The van der Waals surface area contributed by atoms with Crippen molar-refractivity contribution in [1.29, 1.82) is 0 Å². The highest BCUT2D eigenvalue weighted by Crippen LogP contribution is 2.43. The molecule has 1 fully saturated rings. The van der Waals surface area contributed by atoms with Crippen molar-refractivity contribution in [2.24, 2.45) is 0 Å². The van der Waals surface area contributed by atoms with Crippen LogP contribution in [0.3, 0.4) is 0 Å². The lowest BCUT2D eigenvalue weighted by molar-refractivity contribution is 0.308. The van der Waals surface area contributed by atoms with Gasteiger partial charge in [-0.2, -0.15) is 4.98 Å². The number of fused-ring (bicyclic) bond motifs is 1. The fourth-order valence-electron chi connectivity index (χ4n) is 4.60. The largest absolute Gasteiger partial charge is 0.339 e. The Morgan fingerprint density at radius 1 is 0.968 bits per heavy atom. The first-order valence-electron chi connectivity index (χ1n) is 10.7. The van der Waals surface area contributed by atoms with E-state index in [0.29, 0.717) is 41.3 Å². The molecule has 0 radical (unpaired) electrons. The van der Waals surface area contributed by atoms with Gasteiger partial charge < -0.3 is 9.51 Å². The van der Waals surface area contributed by atoms with E-state index in [4.69, 9.17) is 9.51 Å². The average Bonchev–Trinajstić information content (AvgIpc) is 3.28. The summed E-state index contributed by atoms with van der Waals surface area (Å²) in [5.41, 5.74) is 1.21. The van der Waals surface area contributed by atoms with Gasteiger partial charge in [0.05, 0.1) is 16.3 Å². The van der Waals surface area contributed by atoms with Crippen molar-refractivity contribution in [2.45, 2.75) is 50.4 Å². The van der Waals surface area contributed by atoms with Gasteiger partial charge in [0.15, 0.2) is 5.82 Å². The molecule has 6 nitrogen and oxygen atoms in total. The van der Waals surface area contributed by atoms with Gasteiger partial charge in [0, 0.05) is 12.8 Å². The van der Waals surface area contributed by atoms with Crippen molar-refractivity contribution < 1.29 is 8.91 Å². The van der Waals surface area contributed by atoms with Crippen molar-refractivity contribution in [2.75, 3.05) is 0 Å². The normalized spacial score (nSPS) is 15.9. The Morgan fingerprint density at radius 2 is 1.74 bits per heavy atom. The highest BCUT2D eigenvalue weighted by molar-refractivity contribution is 5.77. The maximum atomic E-state index is 13.5. The molecule has 0 saturated heterocycles. The number of aromatic nitrogens is 4. The number of para-hydroxylation sites is 1. The van der Waals surface area contributed by atoms with E-state index in [1.165, 1.54) is 18.6 Å². The summed E-state index contributed by atoms with van der Waals surface area (Å²) in [5.74, 6) is 1.52. The molecule has 1 saturated carbocycles. The first-order valence-corrected chi connectivity index (χ1v) is 10.7. The zero-order valence-corrected chi connectivity index (χ0v) is 17.1. The van der Waals surface area contributed by atoms with Crippen LogP contribution < -0.4 is 5.56 Å². The molecular weight excluding hydrogens is 395 g/mol. The van der Waals surface area contributed by atoms with Gasteiger partial charge in [0.25, 0.3) is 5.56 Å². The molecule has 0 amide bonds. The van der Waals surface area contributed by atoms with E-state index in [1.54, 1.807) is 6.07 Å². The van der Waals surface area contributed by atoms with Crippen LogP contribution in [0.25, 0.3) is 10.9 Å². The van der Waals surface area contributed by atoms with Crippen molar-refractivity contribution in [3.63, 3.8) is 0 Å². The van der Waals surface area contributed by atoms with Gasteiger partial charge in [0.1, 0.15) is 11.6 Å². The Bertz CT molecular complexity index is 1260. The van der Waals surface area contributed by atoms with Crippen LogP contribution >= 0.6 is 0 Å². The van der Waals surface area contributed by atoms with Gasteiger partial charge in [-0.1, -0.05) is 48.7 Å². The van der Waals surface area contributed by atoms with Crippen LogP contribution in [0.1, 0.15) is 55.2 Å². The van der Waals surface area contributed by atoms with E-state index in [-0.39, 0.29) is 16.8 Å². The Hall–Kier alpha value is -3.35. The van der Waals surface area contributed by atoms with Gasteiger partial charge in [-0.05, 0) is 42.7 Å². The fourth-order valence-corrected chi connectivity index (χ4v) is 4.60. The summed E-state index contributed by atoms with van der Waals surface area (Å²) in [6.45, 7) is 0. The maximum absolute atomic E-state index is 13.5. The molecule has 5 rings (SSSR count). The van der Waals surface area contributed by atoms with E-state index in [2.05, 4.69) is 15.1 Å². The van der Waals surface area contributed by atoms with Crippen molar-refractivity contribution in [1.82, 2.24) is 20.1 Å². The lowest BCUT2D eigenvalue weighted by Gasteiger charge is -2.35. The Balaban J connectivity index is 1.40. The molecule has 0 unspecified atom stereocenters. The second kappa shape index (κ2) is 8.06. The molecule has 2 aromatic carbocycles. The molecule has 158 valence electrons. The molecular formula is C24H23FN4O2.